The van der Waals surface area contributed by atoms with Gasteiger partial charge in [0.25, 0.3) is 5.91 Å². The Bertz CT molecular complexity index is 727. The summed E-state index contributed by atoms with van der Waals surface area (Å²) in [6.45, 7) is 2.39. The molecular formula is C19H21NO4. The maximum absolute atomic E-state index is 12.7. The van der Waals surface area contributed by atoms with Crippen LogP contribution in [0.4, 0.5) is 0 Å². The van der Waals surface area contributed by atoms with Crippen LogP contribution in [-0.4, -0.2) is 36.7 Å². The van der Waals surface area contributed by atoms with Crippen molar-refractivity contribution in [1.29, 1.82) is 0 Å². The molecule has 0 heterocycles. The first-order chi connectivity index (χ1) is 11.6. The van der Waals surface area contributed by atoms with E-state index in [0.29, 0.717) is 23.3 Å². The largest absolute Gasteiger partial charge is 0.478 e. The lowest BCUT2D eigenvalue weighted by Crippen LogP contribution is -2.37. The Morgan fingerprint density at radius 3 is 2.12 bits per heavy atom. The van der Waals surface area contributed by atoms with Gasteiger partial charge in [-0.05, 0) is 29.7 Å². The van der Waals surface area contributed by atoms with Crippen LogP contribution in [0.1, 0.15) is 34.1 Å². The molecule has 2 rings (SSSR count). The highest BCUT2D eigenvalue weighted by molar-refractivity contribution is 6.04. The third-order valence-corrected chi connectivity index (χ3v) is 3.82. The second kappa shape index (κ2) is 8.26. The van der Waals surface area contributed by atoms with E-state index in [2.05, 4.69) is 5.32 Å². The molecular weight excluding hydrogens is 306 g/mol. The summed E-state index contributed by atoms with van der Waals surface area (Å²) in [6, 6.07) is 13.6. The van der Waals surface area contributed by atoms with E-state index < -0.39 is 5.97 Å². The number of aromatic carboxylic acids is 1. The zero-order valence-corrected chi connectivity index (χ0v) is 13.8. The molecule has 0 fully saturated rings. The van der Waals surface area contributed by atoms with Crippen molar-refractivity contribution < 1.29 is 19.4 Å². The number of rotatable bonds is 7. The molecule has 0 bridgehead atoms. The van der Waals surface area contributed by atoms with E-state index in [1.54, 1.807) is 49.6 Å². The average molecular weight is 327 g/mol. The molecule has 1 amide bonds. The summed E-state index contributed by atoms with van der Waals surface area (Å²) in [7, 11) is 1.59. The predicted octanol–water partition coefficient (Wildman–Crippen LogP) is 3.21. The van der Waals surface area contributed by atoms with E-state index in [1.165, 1.54) is 6.07 Å². The molecule has 2 N–H and O–H groups in total. The molecule has 24 heavy (non-hydrogen) atoms. The van der Waals surface area contributed by atoms with Crippen LogP contribution in [0.15, 0.2) is 48.5 Å². The van der Waals surface area contributed by atoms with E-state index in [9.17, 15) is 14.7 Å². The van der Waals surface area contributed by atoms with Crippen molar-refractivity contribution in [3.05, 3.63) is 59.7 Å². The van der Waals surface area contributed by atoms with E-state index in [-0.39, 0.29) is 17.5 Å². The van der Waals surface area contributed by atoms with Gasteiger partial charge >= 0.3 is 5.97 Å². The topological polar surface area (TPSA) is 75.6 Å². The number of nitrogens with one attached hydrogen (secondary N) is 1. The Kier molecular flexibility index (Phi) is 6.09. The number of methoxy groups -OCH3 is 1. The molecule has 0 aliphatic rings. The lowest BCUT2D eigenvalue weighted by atomic mass is 9.95. The third kappa shape index (κ3) is 4.00. The molecule has 0 radical (unpaired) electrons. The van der Waals surface area contributed by atoms with Gasteiger partial charge in [0.15, 0.2) is 0 Å². The van der Waals surface area contributed by atoms with Crippen molar-refractivity contribution in [1.82, 2.24) is 5.32 Å². The van der Waals surface area contributed by atoms with Gasteiger partial charge < -0.3 is 15.2 Å². The van der Waals surface area contributed by atoms with Gasteiger partial charge in [-0.1, -0.05) is 43.3 Å². The second-order valence-electron chi connectivity index (χ2n) is 5.43. The number of carboxylic acids is 1. The number of hydrogen-bond acceptors (Lipinski definition) is 3. The first-order valence-electron chi connectivity index (χ1n) is 7.80. The van der Waals surface area contributed by atoms with Crippen LogP contribution in [0, 0.1) is 0 Å². The minimum absolute atomic E-state index is 0.0923. The van der Waals surface area contributed by atoms with Gasteiger partial charge in [-0.3, -0.25) is 4.79 Å². The number of benzene rings is 2. The molecule has 0 saturated heterocycles. The Morgan fingerprint density at radius 1 is 1.04 bits per heavy atom. The summed E-state index contributed by atoms with van der Waals surface area (Å²) < 4.78 is 5.10. The maximum atomic E-state index is 12.7. The van der Waals surface area contributed by atoms with E-state index in [1.807, 2.05) is 6.92 Å². The number of carbonyl (C=O) groups excluding carboxylic acids is 1. The van der Waals surface area contributed by atoms with Gasteiger partial charge in [-0.25, -0.2) is 4.79 Å². The van der Waals surface area contributed by atoms with E-state index in [0.717, 1.165) is 6.42 Å². The molecule has 0 aromatic heterocycles. The highest BCUT2D eigenvalue weighted by Crippen LogP contribution is 2.27. The SMILES string of the molecule is CCC(COC)NC(=O)c1ccccc1-c1ccccc1C(=O)O. The number of ether oxygens (including phenoxy) is 1. The van der Waals surface area contributed by atoms with Crippen molar-refractivity contribution >= 4 is 11.9 Å². The summed E-state index contributed by atoms with van der Waals surface area (Å²) in [5.74, 6) is -1.26. The summed E-state index contributed by atoms with van der Waals surface area (Å²) >= 11 is 0. The van der Waals surface area contributed by atoms with Crippen molar-refractivity contribution in [2.45, 2.75) is 19.4 Å². The quantitative estimate of drug-likeness (QED) is 0.819. The molecule has 126 valence electrons. The molecule has 0 aliphatic carbocycles. The van der Waals surface area contributed by atoms with Crippen LogP contribution < -0.4 is 5.32 Å². The molecule has 0 saturated carbocycles. The molecule has 5 nitrogen and oxygen atoms in total. The zero-order valence-electron chi connectivity index (χ0n) is 13.8. The lowest BCUT2D eigenvalue weighted by molar-refractivity contribution is 0.0697. The normalized spacial score (nSPS) is 11.8. The van der Waals surface area contributed by atoms with Gasteiger partial charge in [0.2, 0.25) is 0 Å². The number of carboxylic acid groups (broad SMARTS) is 1. The zero-order chi connectivity index (χ0) is 17.5. The van der Waals surface area contributed by atoms with Gasteiger partial charge in [0.1, 0.15) is 0 Å². The predicted molar refractivity (Wildman–Crippen MR) is 92.3 cm³/mol. The highest BCUT2D eigenvalue weighted by Gasteiger charge is 2.19. The minimum atomic E-state index is -1.02. The number of amides is 1. The third-order valence-electron chi connectivity index (χ3n) is 3.82. The van der Waals surface area contributed by atoms with Crippen LogP contribution in [0.5, 0.6) is 0 Å². The van der Waals surface area contributed by atoms with Gasteiger partial charge in [0, 0.05) is 12.7 Å². The molecule has 5 heteroatoms. The molecule has 2 aromatic rings. The monoisotopic (exact) mass is 327 g/mol. The highest BCUT2D eigenvalue weighted by atomic mass is 16.5. The van der Waals surface area contributed by atoms with Crippen molar-refractivity contribution in [3.63, 3.8) is 0 Å². The lowest BCUT2D eigenvalue weighted by Gasteiger charge is -2.18. The standard InChI is InChI=1S/C19H21NO4/c1-3-13(12-24-2)20-18(21)16-10-6-4-8-14(16)15-9-5-7-11-17(15)19(22)23/h4-11,13H,3,12H2,1-2H3,(H,20,21)(H,22,23). The maximum Gasteiger partial charge on any atom is 0.336 e. The van der Waals surface area contributed by atoms with Crippen LogP contribution in [0.25, 0.3) is 11.1 Å². The Morgan fingerprint density at radius 2 is 1.58 bits per heavy atom. The molecule has 1 unspecified atom stereocenters. The van der Waals surface area contributed by atoms with Gasteiger partial charge in [0.05, 0.1) is 18.2 Å². The fourth-order valence-electron chi connectivity index (χ4n) is 2.55. The van der Waals surface area contributed by atoms with Gasteiger partial charge in [-0.15, -0.1) is 0 Å². The molecule has 0 spiro atoms. The number of carbonyl (C=O) groups is 2. The van der Waals surface area contributed by atoms with Crippen LogP contribution in [-0.2, 0) is 4.74 Å². The van der Waals surface area contributed by atoms with Crippen LogP contribution in [0.3, 0.4) is 0 Å². The average Bonchev–Trinajstić information content (AvgIpc) is 2.61. The number of hydrogen-bond donors (Lipinski definition) is 2. The van der Waals surface area contributed by atoms with Crippen molar-refractivity contribution in [2.75, 3.05) is 13.7 Å². The van der Waals surface area contributed by atoms with E-state index >= 15 is 0 Å². The van der Waals surface area contributed by atoms with Crippen LogP contribution in [0.2, 0.25) is 0 Å². The summed E-state index contributed by atoms with van der Waals surface area (Å²) in [4.78, 5) is 24.1. The first kappa shape index (κ1) is 17.7. The summed E-state index contributed by atoms with van der Waals surface area (Å²) in [5, 5.41) is 12.3. The fourth-order valence-corrected chi connectivity index (χ4v) is 2.55. The summed E-state index contributed by atoms with van der Waals surface area (Å²) in [6.07, 6.45) is 0.744. The molecule has 1 atom stereocenters. The first-order valence-corrected chi connectivity index (χ1v) is 7.80. The van der Waals surface area contributed by atoms with Crippen molar-refractivity contribution in [2.24, 2.45) is 0 Å². The Balaban J connectivity index is 2.41. The minimum Gasteiger partial charge on any atom is -0.478 e. The van der Waals surface area contributed by atoms with Crippen molar-refractivity contribution in [3.8, 4) is 11.1 Å². The van der Waals surface area contributed by atoms with Gasteiger partial charge in [-0.2, -0.15) is 0 Å². The smallest absolute Gasteiger partial charge is 0.336 e. The second-order valence-corrected chi connectivity index (χ2v) is 5.43. The van der Waals surface area contributed by atoms with Crippen LogP contribution >= 0.6 is 0 Å². The Labute approximate surface area is 141 Å². The fraction of sp³-hybridized carbons (Fsp3) is 0.263. The molecule has 2 aromatic carbocycles. The molecule has 0 aliphatic heterocycles. The van der Waals surface area contributed by atoms with E-state index in [4.69, 9.17) is 4.74 Å². The summed E-state index contributed by atoms with van der Waals surface area (Å²) in [5.41, 5.74) is 1.73. The Hall–Kier alpha value is -2.66.